The van der Waals surface area contributed by atoms with Crippen LogP contribution in [-0.4, -0.2) is 89.3 Å². The van der Waals surface area contributed by atoms with E-state index < -0.39 is 33.7 Å². The molecule has 0 rings (SSSR count). The summed E-state index contributed by atoms with van der Waals surface area (Å²) in [4.78, 5) is 20.0. The Kier molecular flexibility index (Phi) is 33.5. The number of carbonyl (C=O) groups is 2. The molecule has 0 saturated carbocycles. The van der Waals surface area contributed by atoms with Gasteiger partial charge in [0, 0.05) is 0 Å². The second-order valence-corrected chi connectivity index (χ2v) is 8.07. The number of unbranched alkanes of at least 4 members (excludes halogenated alkanes) is 10. The van der Waals surface area contributed by atoms with Gasteiger partial charge >= 0.3 is 60.8 Å². The molecule has 0 aromatic rings. The molecule has 0 aliphatic heterocycles. The molecule has 0 aromatic carbocycles. The van der Waals surface area contributed by atoms with Crippen LogP contribution >= 0.6 is 0 Å². The van der Waals surface area contributed by atoms with Crippen molar-refractivity contribution in [2.75, 3.05) is 0 Å². The molecule has 0 saturated heterocycles. The fraction of sp³-hybridized carbons (Fsp3) is 0.800. The van der Waals surface area contributed by atoms with Crippen molar-refractivity contribution in [3.63, 3.8) is 0 Å². The van der Waals surface area contributed by atoms with Gasteiger partial charge in [0.15, 0.2) is 5.25 Å². The Hall–Kier alpha value is 0.421. The van der Waals surface area contributed by atoms with Crippen LogP contribution in [0.15, 0.2) is 0 Å². The Balaban J connectivity index is -0.000000164. The Morgan fingerprint density at radius 3 is 1.31 bits per heavy atom. The monoisotopic (exact) mass is 562 g/mol. The third-order valence-corrected chi connectivity index (χ3v) is 4.79. The van der Waals surface area contributed by atoms with E-state index >= 15 is 0 Å². The van der Waals surface area contributed by atoms with Crippen molar-refractivity contribution >= 4 is 70.9 Å². The number of hydrogen-bond acceptors (Lipinski definition) is 4. The summed E-state index contributed by atoms with van der Waals surface area (Å²) in [5.41, 5.74) is 0. The maximum atomic E-state index is 10.2. The smallest absolute Gasteiger partial charge is 0.481 e. The van der Waals surface area contributed by atoms with Gasteiger partial charge in [-0.15, -0.1) is 0 Å². The quantitative estimate of drug-likeness (QED) is 0.120. The predicted molar refractivity (Wildman–Crippen MR) is 118 cm³/mol. The second kappa shape index (κ2) is 26.5. The van der Waals surface area contributed by atoms with Gasteiger partial charge in [0.05, 0.1) is 6.42 Å². The van der Waals surface area contributed by atoms with Gasteiger partial charge in [-0.25, -0.2) is 0 Å². The first kappa shape index (κ1) is 36.8. The summed E-state index contributed by atoms with van der Waals surface area (Å²) in [5, 5.41) is 13.9. The standard InChI is InChI=1S/2C8H17.C4H6O7S.Ba/c2*1-3-5-7-8-6-4-2;5-3(6)1-2(4(7)8)12(9,10)11;/h2*1,3-8H2,2H3;2H,1H2,(H,5,6)(H,7,8)(H,9,10,11);/q2*-1;;+2. The van der Waals surface area contributed by atoms with Gasteiger partial charge < -0.3 is 24.1 Å². The molecule has 29 heavy (non-hydrogen) atoms. The normalized spacial score (nSPS) is 11.1. The third-order valence-electron chi connectivity index (χ3n) is 3.70. The molecule has 170 valence electrons. The fourth-order valence-corrected chi connectivity index (χ4v) is 2.65. The van der Waals surface area contributed by atoms with E-state index in [1.54, 1.807) is 0 Å². The molecular formula is C20H40BaO7S. The Bertz CT molecular complexity index is 443. The summed E-state index contributed by atoms with van der Waals surface area (Å²) in [6.45, 7) is 12.0. The van der Waals surface area contributed by atoms with Gasteiger partial charge in [-0.1, -0.05) is 78.1 Å². The predicted octanol–water partition coefficient (Wildman–Crippen LogP) is 4.78. The molecule has 0 fully saturated rings. The number of carboxylic acid groups (broad SMARTS) is 2. The van der Waals surface area contributed by atoms with Crippen LogP contribution in [0.25, 0.3) is 0 Å². The SMILES string of the molecule is O=C(O)CC(C(=O)O)S(=O)(=O)O.[Ba+2].[CH2-]CCCCCCC.[CH2-]CCCCCCC. The molecule has 1 unspecified atom stereocenters. The number of carboxylic acids is 2. The van der Waals surface area contributed by atoms with Crippen molar-refractivity contribution in [1.29, 1.82) is 0 Å². The molecule has 0 aromatic heterocycles. The summed E-state index contributed by atoms with van der Waals surface area (Å²) in [7, 11) is -4.84. The van der Waals surface area contributed by atoms with Gasteiger partial charge in [0.2, 0.25) is 0 Å². The van der Waals surface area contributed by atoms with Gasteiger partial charge in [0.1, 0.15) is 0 Å². The van der Waals surface area contributed by atoms with Crippen LogP contribution < -0.4 is 0 Å². The molecule has 0 heterocycles. The van der Waals surface area contributed by atoms with Gasteiger partial charge in [0.25, 0.3) is 10.1 Å². The largest absolute Gasteiger partial charge is 2.00 e. The Morgan fingerprint density at radius 2 is 1.14 bits per heavy atom. The molecule has 0 radical (unpaired) electrons. The average molecular weight is 562 g/mol. The van der Waals surface area contributed by atoms with Crippen molar-refractivity contribution in [3.05, 3.63) is 13.8 Å². The van der Waals surface area contributed by atoms with Gasteiger partial charge in [-0.3, -0.25) is 14.1 Å². The van der Waals surface area contributed by atoms with E-state index in [1.807, 2.05) is 0 Å². The molecule has 1 atom stereocenters. The maximum absolute atomic E-state index is 10.2. The molecule has 0 bridgehead atoms. The van der Waals surface area contributed by atoms with Gasteiger partial charge in [-0.2, -0.15) is 21.3 Å². The van der Waals surface area contributed by atoms with E-state index in [2.05, 4.69) is 27.7 Å². The van der Waals surface area contributed by atoms with E-state index in [1.165, 1.54) is 64.2 Å². The number of hydrogen-bond donors (Lipinski definition) is 3. The first-order chi connectivity index (χ1) is 13.1. The summed E-state index contributed by atoms with van der Waals surface area (Å²) < 4.78 is 28.7. The van der Waals surface area contributed by atoms with E-state index in [-0.39, 0.29) is 48.9 Å². The topological polar surface area (TPSA) is 129 Å². The molecular weight excluding hydrogens is 522 g/mol. The van der Waals surface area contributed by atoms with Crippen molar-refractivity contribution in [2.45, 2.75) is 103 Å². The Morgan fingerprint density at radius 1 is 0.793 bits per heavy atom. The van der Waals surface area contributed by atoms with E-state index in [0.29, 0.717) is 0 Å². The molecule has 3 N–H and O–H groups in total. The van der Waals surface area contributed by atoms with Crippen LogP contribution in [0.1, 0.15) is 97.3 Å². The van der Waals surface area contributed by atoms with Crippen LogP contribution in [0.4, 0.5) is 0 Å². The summed E-state index contributed by atoms with van der Waals surface area (Å²) >= 11 is 0. The second-order valence-electron chi connectivity index (χ2n) is 6.48. The number of aliphatic carboxylic acids is 2. The van der Waals surface area contributed by atoms with Crippen molar-refractivity contribution in [2.24, 2.45) is 0 Å². The average Bonchev–Trinajstić information content (AvgIpc) is 2.60. The van der Waals surface area contributed by atoms with Crippen LogP contribution in [-0.2, 0) is 19.7 Å². The van der Waals surface area contributed by atoms with E-state index in [4.69, 9.17) is 14.8 Å². The first-order valence-electron chi connectivity index (χ1n) is 10.1. The van der Waals surface area contributed by atoms with Crippen LogP contribution in [0.2, 0.25) is 0 Å². The van der Waals surface area contributed by atoms with E-state index in [9.17, 15) is 18.0 Å². The summed E-state index contributed by atoms with van der Waals surface area (Å²) in [5.74, 6) is -3.50. The van der Waals surface area contributed by atoms with Crippen LogP contribution in [0, 0.1) is 13.8 Å². The fourth-order valence-electron chi connectivity index (χ4n) is 2.04. The Labute approximate surface area is 218 Å². The zero-order chi connectivity index (χ0) is 22.4. The summed E-state index contributed by atoms with van der Waals surface area (Å²) in [6.07, 6.45) is 14.8. The maximum Gasteiger partial charge on any atom is 2.00 e. The van der Waals surface area contributed by atoms with Gasteiger partial charge in [-0.05, 0) is 0 Å². The molecule has 0 aliphatic rings. The van der Waals surface area contributed by atoms with E-state index in [0.717, 1.165) is 12.8 Å². The minimum atomic E-state index is -4.84. The third kappa shape index (κ3) is 33.3. The van der Waals surface area contributed by atoms with Crippen molar-refractivity contribution < 1.29 is 32.8 Å². The molecule has 0 aliphatic carbocycles. The molecule has 9 heteroatoms. The van der Waals surface area contributed by atoms with Crippen molar-refractivity contribution in [1.82, 2.24) is 0 Å². The minimum Gasteiger partial charge on any atom is -0.481 e. The molecule has 7 nitrogen and oxygen atoms in total. The molecule has 0 amide bonds. The van der Waals surface area contributed by atoms with Crippen LogP contribution in [0.5, 0.6) is 0 Å². The number of rotatable bonds is 14. The first-order valence-corrected chi connectivity index (χ1v) is 11.6. The minimum absolute atomic E-state index is 0. The summed E-state index contributed by atoms with van der Waals surface area (Å²) in [6, 6.07) is 0. The van der Waals surface area contributed by atoms with Crippen LogP contribution in [0.3, 0.4) is 0 Å². The zero-order valence-corrected chi connectivity index (χ0v) is 23.5. The zero-order valence-electron chi connectivity index (χ0n) is 18.3. The molecule has 0 spiro atoms. The van der Waals surface area contributed by atoms with Crippen molar-refractivity contribution in [3.8, 4) is 0 Å².